The summed E-state index contributed by atoms with van der Waals surface area (Å²) in [5.74, 6) is 2.45. The minimum Gasteiger partial charge on any atom is -0.497 e. The molecule has 172 valence electrons. The molecule has 1 aliphatic rings. The molecular weight excluding hydrogens is 517 g/mol. The van der Waals surface area contributed by atoms with Gasteiger partial charge in [0.2, 0.25) is 0 Å². The Balaban J connectivity index is 0.00000289. The van der Waals surface area contributed by atoms with Gasteiger partial charge in [-0.3, -0.25) is 0 Å². The third-order valence-electron chi connectivity index (χ3n) is 5.57. The van der Waals surface area contributed by atoms with Gasteiger partial charge in [0, 0.05) is 60.8 Å². The normalized spacial score (nSPS) is 16.0. The second kappa shape index (κ2) is 11.3. The molecule has 0 saturated carbocycles. The molecule has 3 N–H and O–H groups in total. The number of methoxy groups -OCH3 is 2. The number of aromatic amines is 1. The maximum absolute atomic E-state index is 5.42. The Hall–Kier alpha value is -2.62. The number of H-pyrrole nitrogens is 1. The van der Waals surface area contributed by atoms with Crippen LogP contribution in [-0.4, -0.2) is 50.8 Å². The molecule has 4 rings (SSSR count). The Bertz CT molecular complexity index is 997. The van der Waals surface area contributed by atoms with E-state index in [1.54, 1.807) is 14.2 Å². The van der Waals surface area contributed by atoms with Gasteiger partial charge in [-0.2, -0.15) is 0 Å². The van der Waals surface area contributed by atoms with E-state index in [1.807, 2.05) is 12.1 Å². The van der Waals surface area contributed by atoms with E-state index in [4.69, 9.17) is 14.5 Å². The van der Waals surface area contributed by atoms with E-state index < -0.39 is 0 Å². The lowest BCUT2D eigenvalue weighted by Crippen LogP contribution is -2.44. The SMILES string of the molecule is CCNC(=NCc1cc2ccccc2[nH]1)NC1CCN(c2cc(OC)cc(OC)c2)C1.I. The van der Waals surface area contributed by atoms with Crippen molar-refractivity contribution in [1.82, 2.24) is 15.6 Å². The quantitative estimate of drug-likeness (QED) is 0.235. The van der Waals surface area contributed by atoms with Crippen LogP contribution in [0.25, 0.3) is 10.9 Å². The molecule has 8 heteroatoms. The van der Waals surface area contributed by atoms with E-state index in [1.165, 1.54) is 5.39 Å². The van der Waals surface area contributed by atoms with Gasteiger partial charge in [-0.25, -0.2) is 4.99 Å². The predicted molar refractivity (Wildman–Crippen MR) is 142 cm³/mol. The number of rotatable bonds is 7. The molecule has 1 atom stereocenters. The van der Waals surface area contributed by atoms with Gasteiger partial charge in [0.25, 0.3) is 0 Å². The first-order valence-corrected chi connectivity index (χ1v) is 10.8. The molecule has 2 heterocycles. The maximum atomic E-state index is 5.42. The van der Waals surface area contributed by atoms with Gasteiger partial charge in [0.15, 0.2) is 5.96 Å². The number of nitrogens with zero attached hydrogens (tertiary/aromatic N) is 2. The average Bonchev–Trinajstić information content (AvgIpc) is 3.44. The maximum Gasteiger partial charge on any atom is 0.191 e. The number of aromatic nitrogens is 1. The fraction of sp³-hybridized carbons (Fsp3) is 0.375. The largest absolute Gasteiger partial charge is 0.497 e. The molecule has 1 saturated heterocycles. The summed E-state index contributed by atoms with van der Waals surface area (Å²) in [6.07, 6.45) is 1.04. The fourth-order valence-electron chi connectivity index (χ4n) is 3.98. The van der Waals surface area contributed by atoms with Crippen LogP contribution in [-0.2, 0) is 6.54 Å². The molecule has 0 aliphatic carbocycles. The zero-order chi connectivity index (χ0) is 21.6. The zero-order valence-electron chi connectivity index (χ0n) is 18.9. The van der Waals surface area contributed by atoms with Gasteiger partial charge < -0.3 is 30.0 Å². The van der Waals surface area contributed by atoms with Crippen molar-refractivity contribution in [3.05, 3.63) is 54.2 Å². The Morgan fingerprint density at radius 2 is 1.88 bits per heavy atom. The number of guanidine groups is 1. The summed E-state index contributed by atoms with van der Waals surface area (Å²) in [4.78, 5) is 10.6. The summed E-state index contributed by atoms with van der Waals surface area (Å²) in [5.41, 5.74) is 3.36. The van der Waals surface area contributed by atoms with Gasteiger partial charge in [-0.05, 0) is 30.9 Å². The third kappa shape index (κ3) is 5.79. The van der Waals surface area contributed by atoms with Crippen LogP contribution in [0.2, 0.25) is 0 Å². The average molecular weight is 549 g/mol. The number of hydrogen-bond donors (Lipinski definition) is 3. The van der Waals surface area contributed by atoms with Gasteiger partial charge in [0.05, 0.1) is 20.8 Å². The molecule has 1 fully saturated rings. The van der Waals surface area contributed by atoms with Gasteiger partial charge >= 0.3 is 0 Å². The van der Waals surface area contributed by atoms with Crippen LogP contribution in [0.15, 0.2) is 53.5 Å². The number of hydrogen-bond acceptors (Lipinski definition) is 4. The van der Waals surface area contributed by atoms with Crippen LogP contribution in [0.1, 0.15) is 19.0 Å². The Labute approximate surface area is 206 Å². The van der Waals surface area contributed by atoms with Crippen molar-refractivity contribution in [1.29, 1.82) is 0 Å². The molecule has 0 bridgehead atoms. The molecule has 0 spiro atoms. The van der Waals surface area contributed by atoms with Crippen LogP contribution in [0.3, 0.4) is 0 Å². The number of fused-ring (bicyclic) bond motifs is 1. The lowest BCUT2D eigenvalue weighted by Gasteiger charge is -2.21. The van der Waals surface area contributed by atoms with Gasteiger partial charge in [-0.15, -0.1) is 24.0 Å². The highest BCUT2D eigenvalue weighted by Gasteiger charge is 2.24. The van der Waals surface area contributed by atoms with Crippen molar-refractivity contribution < 1.29 is 9.47 Å². The summed E-state index contributed by atoms with van der Waals surface area (Å²) in [5, 5.41) is 8.18. The molecule has 1 aromatic heterocycles. The highest BCUT2D eigenvalue weighted by Crippen LogP contribution is 2.30. The standard InChI is InChI=1S/C24H31N5O2.HI/c1-4-25-24(26-15-19-11-17-7-5-6-8-23(17)27-19)28-18-9-10-29(16-18)20-12-21(30-2)14-22(13-20)31-3;/h5-8,11-14,18,27H,4,9-10,15-16H2,1-3H3,(H2,25,26,28);1H. The van der Waals surface area contributed by atoms with E-state index in [9.17, 15) is 0 Å². The Morgan fingerprint density at radius 3 is 2.56 bits per heavy atom. The highest BCUT2D eigenvalue weighted by atomic mass is 127. The highest BCUT2D eigenvalue weighted by molar-refractivity contribution is 14.0. The van der Waals surface area contributed by atoms with Crippen LogP contribution in [0, 0.1) is 0 Å². The fourth-order valence-corrected chi connectivity index (χ4v) is 3.98. The van der Waals surface area contributed by atoms with Gasteiger partial charge in [-0.1, -0.05) is 18.2 Å². The van der Waals surface area contributed by atoms with E-state index in [-0.39, 0.29) is 24.0 Å². The van der Waals surface area contributed by atoms with Gasteiger partial charge in [0.1, 0.15) is 11.5 Å². The molecule has 3 aromatic rings. The van der Waals surface area contributed by atoms with Crippen LogP contribution in [0.5, 0.6) is 11.5 Å². The lowest BCUT2D eigenvalue weighted by molar-refractivity contribution is 0.394. The summed E-state index contributed by atoms with van der Waals surface area (Å²) >= 11 is 0. The number of anilines is 1. The smallest absolute Gasteiger partial charge is 0.191 e. The number of para-hydroxylation sites is 1. The number of benzene rings is 2. The molecule has 1 aliphatic heterocycles. The number of nitrogens with one attached hydrogen (secondary N) is 3. The van der Waals surface area contributed by atoms with Crippen molar-refractivity contribution >= 4 is 46.5 Å². The molecular formula is C24H32IN5O2. The lowest BCUT2D eigenvalue weighted by atomic mass is 10.2. The van der Waals surface area contributed by atoms with Crippen LogP contribution in [0.4, 0.5) is 5.69 Å². The first-order chi connectivity index (χ1) is 15.2. The van der Waals surface area contributed by atoms with Crippen molar-refractivity contribution in [3.8, 4) is 11.5 Å². The second-order valence-corrected chi connectivity index (χ2v) is 7.72. The van der Waals surface area contributed by atoms with E-state index in [2.05, 4.69) is 63.8 Å². The van der Waals surface area contributed by atoms with E-state index >= 15 is 0 Å². The molecule has 1 unspecified atom stereocenters. The molecule has 32 heavy (non-hydrogen) atoms. The first kappa shape index (κ1) is 24.0. The van der Waals surface area contributed by atoms with Crippen LogP contribution < -0.4 is 25.0 Å². The van der Waals surface area contributed by atoms with Crippen molar-refractivity contribution in [2.45, 2.75) is 25.9 Å². The monoisotopic (exact) mass is 549 g/mol. The minimum absolute atomic E-state index is 0. The Morgan fingerprint density at radius 1 is 1.12 bits per heavy atom. The number of ether oxygens (including phenoxy) is 2. The topological polar surface area (TPSA) is 73.9 Å². The molecule has 2 aromatic carbocycles. The van der Waals surface area contributed by atoms with E-state index in [0.717, 1.165) is 60.4 Å². The molecule has 7 nitrogen and oxygen atoms in total. The predicted octanol–water partition coefficient (Wildman–Crippen LogP) is 4.14. The Kier molecular flexibility index (Phi) is 8.49. The second-order valence-electron chi connectivity index (χ2n) is 7.72. The summed E-state index contributed by atoms with van der Waals surface area (Å²) in [6.45, 7) is 5.38. The number of aliphatic imine (C=N–C) groups is 1. The van der Waals surface area contributed by atoms with Crippen LogP contribution >= 0.6 is 24.0 Å². The zero-order valence-corrected chi connectivity index (χ0v) is 21.2. The summed E-state index contributed by atoms with van der Waals surface area (Å²) in [7, 11) is 3.36. The number of halogens is 1. The van der Waals surface area contributed by atoms with Crippen molar-refractivity contribution in [2.75, 3.05) is 38.8 Å². The first-order valence-electron chi connectivity index (χ1n) is 10.8. The summed E-state index contributed by atoms with van der Waals surface area (Å²) < 4.78 is 10.8. The van der Waals surface area contributed by atoms with E-state index in [0.29, 0.717) is 12.6 Å². The van der Waals surface area contributed by atoms with Crippen molar-refractivity contribution in [2.24, 2.45) is 4.99 Å². The third-order valence-corrected chi connectivity index (χ3v) is 5.57. The summed E-state index contributed by atoms with van der Waals surface area (Å²) in [6, 6.07) is 16.8. The molecule has 0 amide bonds. The van der Waals surface area contributed by atoms with Crippen molar-refractivity contribution in [3.63, 3.8) is 0 Å². The molecule has 0 radical (unpaired) electrons. The minimum atomic E-state index is 0.